The highest BCUT2D eigenvalue weighted by Gasteiger charge is 2.25. The van der Waals surface area contributed by atoms with Crippen LogP contribution in [0.3, 0.4) is 0 Å². The molecule has 148 valence electrons. The minimum absolute atomic E-state index is 0.0793. The van der Waals surface area contributed by atoms with Gasteiger partial charge in [-0.2, -0.15) is 0 Å². The van der Waals surface area contributed by atoms with Crippen LogP contribution in [0, 0.1) is 20.8 Å². The van der Waals surface area contributed by atoms with Gasteiger partial charge in [-0.3, -0.25) is 4.79 Å². The summed E-state index contributed by atoms with van der Waals surface area (Å²) in [5.41, 5.74) is 7.90. The molecule has 2 heterocycles. The second kappa shape index (κ2) is 7.94. The summed E-state index contributed by atoms with van der Waals surface area (Å²) in [7, 11) is 0. The summed E-state index contributed by atoms with van der Waals surface area (Å²) in [6.07, 6.45) is 1.94. The van der Waals surface area contributed by atoms with Crippen LogP contribution in [-0.4, -0.2) is 10.9 Å². The molecule has 0 aliphatic carbocycles. The number of carbonyl (C=O) groups is 1. The number of benzene rings is 2. The molecule has 1 aliphatic rings. The first kappa shape index (κ1) is 20.1. The van der Waals surface area contributed by atoms with Crippen LogP contribution in [0.2, 0.25) is 10.0 Å². The molecule has 0 saturated heterocycles. The molecule has 6 heteroatoms. The fourth-order valence-corrected chi connectivity index (χ4v) is 4.78. The summed E-state index contributed by atoms with van der Waals surface area (Å²) < 4.78 is 0. The van der Waals surface area contributed by atoms with E-state index in [4.69, 9.17) is 23.2 Å². The molecule has 29 heavy (non-hydrogen) atoms. The number of carbonyl (C=O) groups excluding carboxylic acids is 1. The number of thioether (sulfide) groups is 1. The number of hydrogen-bond donors (Lipinski definition) is 2. The van der Waals surface area contributed by atoms with Gasteiger partial charge in [0.1, 0.15) is 0 Å². The Bertz CT molecular complexity index is 1160. The van der Waals surface area contributed by atoms with Crippen LogP contribution in [0.4, 0.5) is 5.69 Å². The smallest absolute Gasteiger partial charge is 0.256 e. The second-order valence-corrected chi connectivity index (χ2v) is 8.97. The monoisotopic (exact) mass is 442 g/mol. The van der Waals surface area contributed by atoms with Crippen molar-refractivity contribution in [2.24, 2.45) is 0 Å². The van der Waals surface area contributed by atoms with Crippen molar-refractivity contribution in [2.45, 2.75) is 31.4 Å². The summed E-state index contributed by atoms with van der Waals surface area (Å²) in [5, 5.41) is 4.11. The highest BCUT2D eigenvalue weighted by molar-refractivity contribution is 7.98. The Labute approximate surface area is 184 Å². The summed E-state index contributed by atoms with van der Waals surface area (Å²) in [4.78, 5) is 17.0. The number of halogens is 2. The first-order valence-corrected chi connectivity index (χ1v) is 11.0. The number of nitrogens with one attached hydrogen (secondary N) is 2. The Morgan fingerprint density at radius 1 is 1.07 bits per heavy atom. The van der Waals surface area contributed by atoms with Crippen LogP contribution >= 0.6 is 35.0 Å². The Morgan fingerprint density at radius 3 is 2.59 bits per heavy atom. The quantitative estimate of drug-likeness (QED) is 0.336. The lowest BCUT2D eigenvalue weighted by Crippen LogP contribution is -2.03. The molecule has 0 bridgehead atoms. The topological polar surface area (TPSA) is 44.9 Å². The third-order valence-corrected chi connectivity index (χ3v) is 7.24. The van der Waals surface area contributed by atoms with Crippen molar-refractivity contribution in [3.63, 3.8) is 0 Å². The maximum atomic E-state index is 12.6. The predicted molar refractivity (Wildman–Crippen MR) is 124 cm³/mol. The molecule has 0 spiro atoms. The van der Waals surface area contributed by atoms with E-state index in [1.807, 2.05) is 37.3 Å². The van der Waals surface area contributed by atoms with Crippen LogP contribution in [0.25, 0.3) is 11.6 Å². The summed E-state index contributed by atoms with van der Waals surface area (Å²) in [5.74, 6) is 0.622. The lowest BCUT2D eigenvalue weighted by atomic mass is 10.0. The lowest BCUT2D eigenvalue weighted by Gasteiger charge is -2.07. The molecule has 1 aliphatic heterocycles. The molecular weight excluding hydrogens is 423 g/mol. The molecular formula is C23H20Cl2N2OS. The second-order valence-electron chi connectivity index (χ2n) is 7.13. The molecule has 0 saturated carbocycles. The number of aromatic amines is 1. The largest absolute Gasteiger partial charge is 0.359 e. The zero-order valence-electron chi connectivity index (χ0n) is 16.3. The average molecular weight is 443 g/mol. The molecule has 4 rings (SSSR count). The molecule has 0 radical (unpaired) electrons. The van der Waals surface area contributed by atoms with E-state index in [9.17, 15) is 4.79 Å². The standard InChI is InChI=1S/C23H20Cl2N2OS/c1-12-13(2)21(26-14(12)3)10-18-17-9-16(7-8-20(17)27-23(18)28)29-11-15-5-4-6-19(24)22(15)25/h4-10,26H,11H2,1-3H3,(H,27,28)/b18-10-. The number of fused-ring (bicyclic) bond motifs is 1. The molecule has 2 N–H and O–H groups in total. The van der Waals surface area contributed by atoms with Crippen molar-refractivity contribution in [3.05, 3.63) is 80.1 Å². The van der Waals surface area contributed by atoms with Gasteiger partial charge in [0.25, 0.3) is 5.91 Å². The number of aromatic nitrogens is 1. The van der Waals surface area contributed by atoms with Gasteiger partial charge in [-0.1, -0.05) is 35.3 Å². The molecule has 1 amide bonds. The Balaban J connectivity index is 1.64. The number of amides is 1. The number of rotatable bonds is 4. The van der Waals surface area contributed by atoms with E-state index >= 15 is 0 Å². The van der Waals surface area contributed by atoms with Crippen LogP contribution in [0.5, 0.6) is 0 Å². The van der Waals surface area contributed by atoms with Crippen molar-refractivity contribution in [1.29, 1.82) is 0 Å². The van der Waals surface area contributed by atoms with E-state index in [0.717, 1.165) is 38.7 Å². The molecule has 0 atom stereocenters. The van der Waals surface area contributed by atoms with Gasteiger partial charge in [0, 0.05) is 33.3 Å². The molecule has 0 unspecified atom stereocenters. The van der Waals surface area contributed by atoms with E-state index in [1.54, 1.807) is 17.8 Å². The molecule has 3 aromatic rings. The van der Waals surface area contributed by atoms with E-state index in [-0.39, 0.29) is 5.91 Å². The highest BCUT2D eigenvalue weighted by Crippen LogP contribution is 2.38. The normalized spacial score (nSPS) is 14.4. The number of aryl methyl sites for hydroxylation is 1. The lowest BCUT2D eigenvalue weighted by molar-refractivity contribution is -0.110. The Morgan fingerprint density at radius 2 is 1.86 bits per heavy atom. The van der Waals surface area contributed by atoms with Gasteiger partial charge in [0.2, 0.25) is 0 Å². The van der Waals surface area contributed by atoms with Gasteiger partial charge in [-0.05, 0) is 67.8 Å². The van der Waals surface area contributed by atoms with Crippen LogP contribution in [0.15, 0.2) is 41.3 Å². The molecule has 2 aromatic carbocycles. The SMILES string of the molecule is Cc1[nH]c(/C=C2\C(=O)Nc3ccc(SCc4cccc(Cl)c4Cl)cc32)c(C)c1C. The van der Waals surface area contributed by atoms with Crippen molar-refractivity contribution in [1.82, 2.24) is 4.98 Å². The van der Waals surface area contributed by atoms with Crippen LogP contribution in [0.1, 0.15) is 33.6 Å². The fraction of sp³-hybridized carbons (Fsp3) is 0.174. The Kier molecular flexibility index (Phi) is 5.52. The van der Waals surface area contributed by atoms with Gasteiger partial charge < -0.3 is 10.3 Å². The first-order chi connectivity index (χ1) is 13.8. The van der Waals surface area contributed by atoms with E-state index < -0.39 is 0 Å². The third kappa shape index (κ3) is 3.85. The highest BCUT2D eigenvalue weighted by atomic mass is 35.5. The average Bonchev–Trinajstić information content (AvgIpc) is 3.14. The van der Waals surface area contributed by atoms with Gasteiger partial charge in [-0.15, -0.1) is 11.8 Å². The minimum Gasteiger partial charge on any atom is -0.359 e. The molecule has 0 fully saturated rings. The van der Waals surface area contributed by atoms with Crippen LogP contribution < -0.4 is 5.32 Å². The van der Waals surface area contributed by atoms with E-state index in [2.05, 4.69) is 30.2 Å². The fourth-order valence-electron chi connectivity index (χ4n) is 3.38. The van der Waals surface area contributed by atoms with Crippen molar-refractivity contribution >= 4 is 58.2 Å². The van der Waals surface area contributed by atoms with Crippen molar-refractivity contribution in [3.8, 4) is 0 Å². The third-order valence-electron chi connectivity index (χ3n) is 5.34. The summed E-state index contributed by atoms with van der Waals surface area (Å²) in [6, 6.07) is 11.7. The van der Waals surface area contributed by atoms with Crippen LogP contribution in [-0.2, 0) is 10.5 Å². The predicted octanol–water partition coefficient (Wildman–Crippen LogP) is 7.03. The summed E-state index contributed by atoms with van der Waals surface area (Å²) >= 11 is 14.1. The molecule has 1 aromatic heterocycles. The summed E-state index contributed by atoms with van der Waals surface area (Å²) in [6.45, 7) is 6.20. The van der Waals surface area contributed by atoms with Crippen molar-refractivity contribution < 1.29 is 4.79 Å². The van der Waals surface area contributed by atoms with E-state index in [0.29, 0.717) is 21.4 Å². The zero-order valence-corrected chi connectivity index (χ0v) is 18.6. The van der Waals surface area contributed by atoms with Crippen molar-refractivity contribution in [2.75, 3.05) is 5.32 Å². The van der Waals surface area contributed by atoms with Gasteiger partial charge in [0.05, 0.1) is 15.6 Å². The number of anilines is 1. The van der Waals surface area contributed by atoms with E-state index in [1.165, 1.54) is 5.56 Å². The van der Waals surface area contributed by atoms with Gasteiger partial charge in [-0.25, -0.2) is 0 Å². The first-order valence-electron chi connectivity index (χ1n) is 9.24. The molecule has 3 nitrogen and oxygen atoms in total. The van der Waals surface area contributed by atoms with Gasteiger partial charge >= 0.3 is 0 Å². The zero-order chi connectivity index (χ0) is 20.7. The maximum Gasteiger partial charge on any atom is 0.256 e. The minimum atomic E-state index is -0.0793. The number of H-pyrrole nitrogens is 1. The Hall–Kier alpha value is -2.14. The maximum absolute atomic E-state index is 12.6. The number of hydrogen-bond acceptors (Lipinski definition) is 2. The van der Waals surface area contributed by atoms with Gasteiger partial charge in [0.15, 0.2) is 0 Å².